The molecule has 2 heterocycles. The molecule has 2 fully saturated rings. The van der Waals surface area contributed by atoms with E-state index in [9.17, 15) is 4.79 Å². The number of nitrogens with two attached hydrogens (primary N) is 1. The van der Waals surface area contributed by atoms with E-state index < -0.39 is 0 Å². The summed E-state index contributed by atoms with van der Waals surface area (Å²) in [7, 11) is 4.32. The highest BCUT2D eigenvalue weighted by molar-refractivity contribution is 5.80. The third kappa shape index (κ3) is 3.89. The van der Waals surface area contributed by atoms with E-state index in [2.05, 4.69) is 29.3 Å². The lowest BCUT2D eigenvalue weighted by atomic mass is 10.1. The van der Waals surface area contributed by atoms with Crippen LogP contribution in [0.5, 0.6) is 0 Å². The first-order valence-corrected chi connectivity index (χ1v) is 7.15. The number of ether oxygens (including phenoxy) is 1. The molecule has 2 aliphatic heterocycles. The number of carbonyl (C=O) groups excluding carboxylic acids is 1. The fraction of sp³-hybridized carbons (Fsp3) is 0.923. The van der Waals surface area contributed by atoms with E-state index in [1.807, 2.05) is 0 Å². The maximum atomic E-state index is 11.4. The summed E-state index contributed by atoms with van der Waals surface area (Å²) in [4.78, 5) is 16.1. The average molecular weight is 270 g/mol. The van der Waals surface area contributed by atoms with Crippen molar-refractivity contribution in [3.05, 3.63) is 0 Å². The lowest BCUT2D eigenvalue weighted by Crippen LogP contribution is -2.41. The molecule has 0 spiro atoms. The number of hydrogen-bond acceptors (Lipinski definition) is 5. The summed E-state index contributed by atoms with van der Waals surface area (Å²) in [6.07, 6.45) is 4.07. The van der Waals surface area contributed by atoms with E-state index in [4.69, 9.17) is 10.6 Å². The van der Waals surface area contributed by atoms with Gasteiger partial charge < -0.3 is 14.5 Å². The minimum Gasteiger partial charge on any atom is -0.364 e. The number of amides is 1. The molecule has 0 aromatic heterocycles. The Bertz CT molecular complexity index is 313. The third-order valence-corrected chi connectivity index (χ3v) is 4.25. The molecular weight excluding hydrogens is 244 g/mol. The lowest BCUT2D eigenvalue weighted by molar-refractivity contribution is -0.132. The highest BCUT2D eigenvalue weighted by Crippen LogP contribution is 2.21. The van der Waals surface area contributed by atoms with E-state index in [0.29, 0.717) is 6.04 Å². The van der Waals surface area contributed by atoms with E-state index in [1.165, 1.54) is 19.4 Å². The Morgan fingerprint density at radius 3 is 2.84 bits per heavy atom. The van der Waals surface area contributed by atoms with E-state index in [1.54, 1.807) is 0 Å². The molecule has 0 saturated carbocycles. The zero-order chi connectivity index (χ0) is 13.8. The second-order valence-corrected chi connectivity index (χ2v) is 5.83. The summed E-state index contributed by atoms with van der Waals surface area (Å²) in [5.74, 6) is 4.92. The predicted octanol–water partition coefficient (Wildman–Crippen LogP) is -0.450. The molecular formula is C13H26N4O2. The van der Waals surface area contributed by atoms with Crippen LogP contribution in [-0.2, 0) is 9.53 Å². The molecule has 6 nitrogen and oxygen atoms in total. The number of carbonyl (C=O) groups is 1. The lowest BCUT2D eigenvalue weighted by Gasteiger charge is -2.27. The SMILES string of the molecule is CN(CC1CCC(C(=O)NN)O1)CC1CCCN1C. The van der Waals surface area contributed by atoms with Gasteiger partial charge in [-0.1, -0.05) is 0 Å². The number of nitrogens with one attached hydrogen (secondary N) is 1. The van der Waals surface area contributed by atoms with Gasteiger partial charge in [-0.3, -0.25) is 10.2 Å². The standard InChI is InChI=1S/C13H26N4O2/c1-16(8-10-4-3-7-17(10)2)9-11-5-6-12(19-11)13(18)15-14/h10-12H,3-9,14H2,1-2H3,(H,15,18). The van der Waals surface area contributed by atoms with E-state index >= 15 is 0 Å². The zero-order valence-electron chi connectivity index (χ0n) is 12.0. The van der Waals surface area contributed by atoms with Gasteiger partial charge in [0.25, 0.3) is 5.91 Å². The maximum absolute atomic E-state index is 11.4. The van der Waals surface area contributed by atoms with Crippen molar-refractivity contribution in [2.75, 3.05) is 33.7 Å². The van der Waals surface area contributed by atoms with Crippen LogP contribution in [0.15, 0.2) is 0 Å². The Balaban J connectivity index is 1.71. The molecule has 110 valence electrons. The molecule has 3 N–H and O–H groups in total. The van der Waals surface area contributed by atoms with Crippen LogP contribution in [0.25, 0.3) is 0 Å². The molecule has 0 bridgehead atoms. The number of likely N-dealkylation sites (N-methyl/N-ethyl adjacent to an activating group) is 2. The van der Waals surface area contributed by atoms with Crippen LogP contribution in [0.4, 0.5) is 0 Å². The molecule has 0 aromatic carbocycles. The Morgan fingerprint density at radius 1 is 1.42 bits per heavy atom. The highest BCUT2D eigenvalue weighted by atomic mass is 16.5. The second kappa shape index (κ2) is 6.65. The van der Waals surface area contributed by atoms with Gasteiger partial charge in [-0.25, -0.2) is 5.84 Å². The largest absolute Gasteiger partial charge is 0.364 e. The van der Waals surface area contributed by atoms with Crippen LogP contribution in [0, 0.1) is 0 Å². The Morgan fingerprint density at radius 2 is 2.21 bits per heavy atom. The summed E-state index contributed by atoms with van der Waals surface area (Å²) < 4.78 is 5.73. The van der Waals surface area contributed by atoms with Gasteiger partial charge in [0.2, 0.25) is 0 Å². The zero-order valence-corrected chi connectivity index (χ0v) is 12.0. The smallest absolute Gasteiger partial charge is 0.263 e. The van der Waals surface area contributed by atoms with Gasteiger partial charge in [-0.05, 0) is 46.3 Å². The predicted molar refractivity (Wildman–Crippen MR) is 73.4 cm³/mol. The first kappa shape index (κ1) is 14.7. The number of nitrogens with zero attached hydrogens (tertiary/aromatic N) is 2. The van der Waals surface area contributed by atoms with Gasteiger partial charge in [0, 0.05) is 19.1 Å². The Kier molecular flexibility index (Phi) is 5.15. The normalized spacial score (nSPS) is 32.1. The molecule has 0 aliphatic carbocycles. The monoisotopic (exact) mass is 270 g/mol. The van der Waals surface area contributed by atoms with Gasteiger partial charge in [0.1, 0.15) is 6.10 Å². The molecule has 19 heavy (non-hydrogen) atoms. The summed E-state index contributed by atoms with van der Waals surface area (Å²) in [5, 5.41) is 0. The van der Waals surface area contributed by atoms with E-state index in [0.717, 1.165) is 25.9 Å². The molecule has 2 rings (SSSR count). The number of hydrogen-bond donors (Lipinski definition) is 2. The summed E-state index contributed by atoms with van der Waals surface area (Å²) in [5.41, 5.74) is 2.16. The van der Waals surface area contributed by atoms with Crippen molar-refractivity contribution in [1.82, 2.24) is 15.2 Å². The molecule has 0 aromatic rings. The van der Waals surface area contributed by atoms with Crippen LogP contribution >= 0.6 is 0 Å². The summed E-state index contributed by atoms with van der Waals surface area (Å²) in [6, 6.07) is 0.662. The van der Waals surface area contributed by atoms with Gasteiger partial charge >= 0.3 is 0 Å². The van der Waals surface area contributed by atoms with Gasteiger partial charge in [-0.15, -0.1) is 0 Å². The van der Waals surface area contributed by atoms with Crippen LogP contribution in [0.2, 0.25) is 0 Å². The Labute approximate surface area is 115 Å². The summed E-state index contributed by atoms with van der Waals surface area (Å²) in [6.45, 7) is 3.17. The van der Waals surface area contributed by atoms with Crippen LogP contribution in [-0.4, -0.2) is 67.7 Å². The van der Waals surface area contributed by atoms with Gasteiger partial charge in [0.15, 0.2) is 0 Å². The quantitative estimate of drug-likeness (QED) is 0.402. The molecule has 0 radical (unpaired) electrons. The average Bonchev–Trinajstić information content (AvgIpc) is 2.99. The van der Waals surface area contributed by atoms with Crippen molar-refractivity contribution >= 4 is 5.91 Å². The van der Waals surface area contributed by atoms with Crippen LogP contribution < -0.4 is 11.3 Å². The fourth-order valence-electron chi connectivity index (χ4n) is 3.12. The summed E-state index contributed by atoms with van der Waals surface area (Å²) >= 11 is 0. The van der Waals surface area contributed by atoms with E-state index in [-0.39, 0.29) is 18.1 Å². The van der Waals surface area contributed by atoms with Crippen molar-refractivity contribution in [3.8, 4) is 0 Å². The maximum Gasteiger partial charge on any atom is 0.263 e. The van der Waals surface area contributed by atoms with Gasteiger partial charge in [-0.2, -0.15) is 0 Å². The topological polar surface area (TPSA) is 70.8 Å². The molecule has 1 amide bonds. The molecule has 2 aliphatic rings. The van der Waals surface area contributed by atoms with Gasteiger partial charge in [0.05, 0.1) is 6.10 Å². The number of hydrazine groups is 1. The van der Waals surface area contributed by atoms with Crippen molar-refractivity contribution in [1.29, 1.82) is 0 Å². The number of likely N-dealkylation sites (tertiary alicyclic amines) is 1. The molecule has 6 heteroatoms. The third-order valence-electron chi connectivity index (χ3n) is 4.25. The minimum absolute atomic E-state index is 0.152. The highest BCUT2D eigenvalue weighted by Gasteiger charge is 2.31. The first-order valence-electron chi connectivity index (χ1n) is 7.15. The van der Waals surface area contributed by atoms with Crippen molar-refractivity contribution in [2.45, 2.75) is 43.9 Å². The van der Waals surface area contributed by atoms with Crippen molar-refractivity contribution in [2.24, 2.45) is 5.84 Å². The number of rotatable bonds is 5. The fourth-order valence-corrected chi connectivity index (χ4v) is 3.12. The van der Waals surface area contributed by atoms with Crippen LogP contribution in [0.1, 0.15) is 25.7 Å². The van der Waals surface area contributed by atoms with Crippen molar-refractivity contribution < 1.29 is 9.53 Å². The first-order chi connectivity index (χ1) is 9.10. The second-order valence-electron chi connectivity index (χ2n) is 5.83. The van der Waals surface area contributed by atoms with Crippen molar-refractivity contribution in [3.63, 3.8) is 0 Å². The molecule has 3 unspecified atom stereocenters. The Hall–Kier alpha value is -0.690. The molecule has 3 atom stereocenters. The molecule has 2 saturated heterocycles. The van der Waals surface area contributed by atoms with Crippen LogP contribution in [0.3, 0.4) is 0 Å². The minimum atomic E-state index is -0.363.